The molecule has 1 aromatic rings. The van der Waals surface area contributed by atoms with Crippen LogP contribution in [0.4, 0.5) is 0 Å². The van der Waals surface area contributed by atoms with E-state index in [1.165, 1.54) is 19.2 Å². The van der Waals surface area contributed by atoms with E-state index in [-0.39, 0.29) is 17.4 Å². The molecule has 2 unspecified atom stereocenters. The molecule has 2 atom stereocenters. The molecule has 110 valence electrons. The molecule has 20 heavy (non-hydrogen) atoms. The highest BCUT2D eigenvalue weighted by atomic mass is 35.5. The lowest BCUT2D eigenvalue weighted by Gasteiger charge is -2.11. The summed E-state index contributed by atoms with van der Waals surface area (Å²) in [6.07, 6.45) is 0.0834. The standard InChI is InChI=1S/C13H16ClNO4S/c1-8(5-12(16)19-2)20(18)7-10-4-3-9(13(15)17)6-11(10)14/h3-4,6,8H,5,7H2,1-2H3,(H2,15,17). The third-order valence-corrected chi connectivity index (χ3v) is 4.78. The largest absolute Gasteiger partial charge is 0.469 e. The van der Waals surface area contributed by atoms with Crippen LogP contribution in [0.2, 0.25) is 5.02 Å². The molecule has 1 aromatic carbocycles. The molecule has 1 amide bonds. The van der Waals surface area contributed by atoms with Crippen LogP contribution in [-0.2, 0) is 26.1 Å². The topological polar surface area (TPSA) is 86.5 Å². The van der Waals surface area contributed by atoms with E-state index >= 15 is 0 Å². The molecule has 0 aromatic heterocycles. The minimum atomic E-state index is -1.27. The first-order valence-corrected chi connectivity index (χ1v) is 7.63. The molecule has 0 aliphatic carbocycles. The molecular formula is C13H16ClNO4S. The van der Waals surface area contributed by atoms with E-state index in [1.807, 2.05) is 0 Å². The quantitative estimate of drug-likeness (QED) is 0.808. The lowest BCUT2D eigenvalue weighted by Crippen LogP contribution is -2.18. The predicted octanol–water partition coefficient (Wildman–Crippen LogP) is 1.64. The molecule has 0 aliphatic rings. The monoisotopic (exact) mass is 317 g/mol. The molecule has 0 radical (unpaired) electrons. The van der Waals surface area contributed by atoms with E-state index in [9.17, 15) is 13.8 Å². The summed E-state index contributed by atoms with van der Waals surface area (Å²) in [5.74, 6) is -0.768. The lowest BCUT2D eigenvalue weighted by atomic mass is 10.1. The van der Waals surface area contributed by atoms with Crippen molar-refractivity contribution in [2.24, 2.45) is 5.73 Å². The van der Waals surface area contributed by atoms with Gasteiger partial charge in [0.05, 0.1) is 19.3 Å². The molecule has 0 aliphatic heterocycles. The first-order valence-electron chi connectivity index (χ1n) is 5.87. The van der Waals surface area contributed by atoms with Gasteiger partial charge in [0.15, 0.2) is 0 Å². The van der Waals surface area contributed by atoms with Crippen LogP contribution in [-0.4, -0.2) is 28.4 Å². The molecule has 0 bridgehead atoms. The number of primary amides is 1. The van der Waals surface area contributed by atoms with Crippen LogP contribution in [0.1, 0.15) is 29.3 Å². The summed E-state index contributed by atoms with van der Waals surface area (Å²) in [6.45, 7) is 1.71. The molecular weight excluding hydrogens is 302 g/mol. The fourth-order valence-electron chi connectivity index (χ4n) is 1.52. The van der Waals surface area contributed by atoms with Gasteiger partial charge in [0.2, 0.25) is 5.91 Å². The summed E-state index contributed by atoms with van der Waals surface area (Å²) in [6, 6.07) is 4.60. The molecule has 0 saturated heterocycles. The zero-order valence-electron chi connectivity index (χ0n) is 11.2. The van der Waals surface area contributed by atoms with E-state index in [0.717, 1.165) is 0 Å². The number of nitrogens with two attached hydrogens (primary N) is 1. The zero-order chi connectivity index (χ0) is 15.3. The number of methoxy groups -OCH3 is 1. The second-order valence-electron chi connectivity index (χ2n) is 4.29. The normalized spacial score (nSPS) is 13.6. The average Bonchev–Trinajstić information content (AvgIpc) is 2.40. The van der Waals surface area contributed by atoms with Gasteiger partial charge in [-0.05, 0) is 17.7 Å². The van der Waals surface area contributed by atoms with Gasteiger partial charge >= 0.3 is 5.97 Å². The smallest absolute Gasteiger partial charge is 0.306 e. The third-order valence-electron chi connectivity index (χ3n) is 2.77. The fraction of sp³-hybridized carbons (Fsp3) is 0.385. The number of hydrogen-bond acceptors (Lipinski definition) is 4. The van der Waals surface area contributed by atoms with Crippen molar-refractivity contribution in [3.8, 4) is 0 Å². The summed E-state index contributed by atoms with van der Waals surface area (Å²) in [5.41, 5.74) is 6.09. The van der Waals surface area contributed by atoms with E-state index < -0.39 is 22.7 Å². The van der Waals surface area contributed by atoms with Gasteiger partial charge in [-0.2, -0.15) is 0 Å². The van der Waals surface area contributed by atoms with E-state index in [4.69, 9.17) is 17.3 Å². The number of carbonyl (C=O) groups is 2. The molecule has 0 spiro atoms. The van der Waals surface area contributed by atoms with Crippen molar-refractivity contribution in [2.75, 3.05) is 7.11 Å². The van der Waals surface area contributed by atoms with Crippen LogP contribution in [0.15, 0.2) is 18.2 Å². The van der Waals surface area contributed by atoms with Gasteiger partial charge in [0.25, 0.3) is 0 Å². The fourth-order valence-corrected chi connectivity index (χ4v) is 3.02. The summed E-state index contributed by atoms with van der Waals surface area (Å²) < 4.78 is 16.6. The Kier molecular flexibility index (Phi) is 6.16. The van der Waals surface area contributed by atoms with Crippen molar-refractivity contribution in [1.82, 2.24) is 0 Å². The Bertz CT molecular complexity index is 547. The maximum absolute atomic E-state index is 12.1. The molecule has 5 nitrogen and oxygen atoms in total. The van der Waals surface area contributed by atoms with E-state index in [0.29, 0.717) is 16.1 Å². The van der Waals surface area contributed by atoms with Gasteiger partial charge in [0.1, 0.15) is 0 Å². The van der Waals surface area contributed by atoms with Crippen LogP contribution >= 0.6 is 11.6 Å². The van der Waals surface area contributed by atoms with Gasteiger partial charge in [-0.15, -0.1) is 0 Å². The van der Waals surface area contributed by atoms with Crippen molar-refractivity contribution in [2.45, 2.75) is 24.3 Å². The van der Waals surface area contributed by atoms with Gasteiger partial charge in [0, 0.05) is 26.6 Å². The molecule has 0 saturated carbocycles. The maximum atomic E-state index is 12.1. The number of ether oxygens (including phenoxy) is 1. The first-order chi connectivity index (χ1) is 9.35. The van der Waals surface area contributed by atoms with Crippen molar-refractivity contribution < 1.29 is 18.5 Å². The number of amides is 1. The number of esters is 1. The second-order valence-corrected chi connectivity index (χ2v) is 6.55. The van der Waals surface area contributed by atoms with Crippen LogP contribution in [0.5, 0.6) is 0 Å². The van der Waals surface area contributed by atoms with Crippen LogP contribution in [0.3, 0.4) is 0 Å². The van der Waals surface area contributed by atoms with Crippen molar-refractivity contribution in [3.05, 3.63) is 34.3 Å². The molecule has 1 rings (SSSR count). The zero-order valence-corrected chi connectivity index (χ0v) is 12.8. The van der Waals surface area contributed by atoms with Crippen molar-refractivity contribution in [3.63, 3.8) is 0 Å². The molecule has 0 heterocycles. The van der Waals surface area contributed by atoms with Crippen LogP contribution < -0.4 is 5.73 Å². The molecule has 2 N–H and O–H groups in total. The second kappa shape index (κ2) is 7.40. The maximum Gasteiger partial charge on any atom is 0.306 e. The Morgan fingerprint density at radius 2 is 2.10 bits per heavy atom. The number of rotatable bonds is 6. The van der Waals surface area contributed by atoms with Gasteiger partial charge in [-0.1, -0.05) is 24.6 Å². The van der Waals surface area contributed by atoms with Gasteiger partial charge < -0.3 is 10.5 Å². The minimum Gasteiger partial charge on any atom is -0.469 e. The van der Waals surface area contributed by atoms with E-state index in [2.05, 4.69) is 4.74 Å². The number of benzene rings is 1. The van der Waals surface area contributed by atoms with Crippen LogP contribution in [0, 0.1) is 0 Å². The van der Waals surface area contributed by atoms with Gasteiger partial charge in [-0.3, -0.25) is 13.8 Å². The Labute approximate surface area is 124 Å². The van der Waals surface area contributed by atoms with Gasteiger partial charge in [-0.25, -0.2) is 0 Å². The summed E-state index contributed by atoms with van der Waals surface area (Å²) >= 11 is 6.02. The van der Waals surface area contributed by atoms with Crippen molar-refractivity contribution >= 4 is 34.3 Å². The van der Waals surface area contributed by atoms with Crippen LogP contribution in [0.25, 0.3) is 0 Å². The predicted molar refractivity (Wildman–Crippen MR) is 77.9 cm³/mol. The average molecular weight is 318 g/mol. The summed E-state index contributed by atoms with van der Waals surface area (Å²) in [5, 5.41) is -0.00532. The number of carbonyl (C=O) groups excluding carboxylic acids is 2. The lowest BCUT2D eigenvalue weighted by molar-refractivity contribution is -0.140. The Morgan fingerprint density at radius 1 is 1.45 bits per heavy atom. The van der Waals surface area contributed by atoms with E-state index in [1.54, 1.807) is 13.0 Å². The number of halogens is 1. The third kappa shape index (κ3) is 4.61. The summed E-state index contributed by atoms with van der Waals surface area (Å²) in [4.78, 5) is 22.1. The Balaban J connectivity index is 2.75. The Hall–Kier alpha value is -1.40. The van der Waals surface area contributed by atoms with Crippen molar-refractivity contribution in [1.29, 1.82) is 0 Å². The summed E-state index contributed by atoms with van der Waals surface area (Å²) in [7, 11) is 0.0221. The Morgan fingerprint density at radius 3 is 2.60 bits per heavy atom. The molecule has 0 fully saturated rings. The SMILES string of the molecule is COC(=O)CC(C)S(=O)Cc1ccc(C(N)=O)cc1Cl. The minimum absolute atomic E-state index is 0.0834. The highest BCUT2D eigenvalue weighted by Crippen LogP contribution is 2.21. The highest BCUT2D eigenvalue weighted by Gasteiger charge is 2.17. The number of hydrogen-bond donors (Lipinski definition) is 1. The first kappa shape index (κ1) is 16.7. The highest BCUT2D eigenvalue weighted by molar-refractivity contribution is 7.84. The molecule has 7 heteroatoms.